The van der Waals surface area contributed by atoms with Gasteiger partial charge in [-0.3, -0.25) is 0 Å². The molecule has 1 aromatic heterocycles. The lowest BCUT2D eigenvalue weighted by molar-refractivity contribution is -0.0197. The van der Waals surface area contributed by atoms with Crippen molar-refractivity contribution >= 4 is 11.8 Å². The summed E-state index contributed by atoms with van der Waals surface area (Å²) < 4.78 is 11.3. The number of hydrogen-bond acceptors (Lipinski definition) is 5. The molecular formula is C16H24N2O4. The summed E-state index contributed by atoms with van der Waals surface area (Å²) in [5.74, 6) is -0.272. The molecule has 22 heavy (non-hydrogen) atoms. The Hall–Kier alpha value is -1.66. The predicted octanol–water partition coefficient (Wildman–Crippen LogP) is 2.19. The molecule has 1 aliphatic rings. The van der Waals surface area contributed by atoms with Gasteiger partial charge >= 0.3 is 5.97 Å². The van der Waals surface area contributed by atoms with E-state index in [1.165, 1.54) is 6.07 Å². The Labute approximate surface area is 131 Å². The van der Waals surface area contributed by atoms with Gasteiger partial charge < -0.3 is 19.5 Å². The first-order chi connectivity index (χ1) is 10.6. The van der Waals surface area contributed by atoms with Crippen LogP contribution in [0.5, 0.6) is 0 Å². The van der Waals surface area contributed by atoms with E-state index < -0.39 is 5.97 Å². The monoisotopic (exact) mass is 308 g/mol. The first kappa shape index (κ1) is 16.7. The quantitative estimate of drug-likeness (QED) is 0.779. The highest BCUT2D eigenvalue weighted by molar-refractivity contribution is 5.85. The van der Waals surface area contributed by atoms with Crippen LogP contribution in [-0.2, 0) is 9.47 Å². The number of carboxylic acids is 1. The molecule has 122 valence electrons. The number of nitrogens with zero attached hydrogens (tertiary/aromatic N) is 2. The van der Waals surface area contributed by atoms with E-state index in [-0.39, 0.29) is 17.9 Å². The van der Waals surface area contributed by atoms with Crippen LogP contribution in [0.25, 0.3) is 0 Å². The second kappa shape index (κ2) is 8.10. The zero-order chi connectivity index (χ0) is 15.9. The van der Waals surface area contributed by atoms with Crippen molar-refractivity contribution in [3.05, 3.63) is 23.9 Å². The molecular weight excluding hydrogens is 284 g/mol. The molecule has 1 fully saturated rings. The van der Waals surface area contributed by atoms with Crippen molar-refractivity contribution in [2.24, 2.45) is 0 Å². The summed E-state index contributed by atoms with van der Waals surface area (Å²) in [6.45, 7) is 6.92. The number of aromatic nitrogens is 1. The Morgan fingerprint density at radius 2 is 2.09 bits per heavy atom. The van der Waals surface area contributed by atoms with Crippen LogP contribution in [0.3, 0.4) is 0 Å². The third-order valence-electron chi connectivity index (χ3n) is 3.61. The molecule has 0 bridgehead atoms. The fraction of sp³-hybridized carbons (Fsp3) is 0.625. The molecule has 1 N–H and O–H groups in total. The highest BCUT2D eigenvalue weighted by atomic mass is 16.5. The van der Waals surface area contributed by atoms with Gasteiger partial charge in [0.05, 0.1) is 25.4 Å². The van der Waals surface area contributed by atoms with Crippen molar-refractivity contribution in [3.63, 3.8) is 0 Å². The fourth-order valence-corrected chi connectivity index (χ4v) is 2.47. The topological polar surface area (TPSA) is 71.9 Å². The average Bonchev–Trinajstić information content (AvgIpc) is 2.52. The Bertz CT molecular complexity index is 485. The lowest BCUT2D eigenvalue weighted by Crippen LogP contribution is -2.38. The minimum absolute atomic E-state index is 0.0849. The highest BCUT2D eigenvalue weighted by Gasteiger charge is 2.21. The summed E-state index contributed by atoms with van der Waals surface area (Å²) in [6, 6.07) is 5.10. The molecule has 6 heteroatoms. The van der Waals surface area contributed by atoms with Gasteiger partial charge in [-0.15, -0.1) is 0 Å². The van der Waals surface area contributed by atoms with Gasteiger partial charge in [-0.25, -0.2) is 9.78 Å². The third-order valence-corrected chi connectivity index (χ3v) is 3.61. The van der Waals surface area contributed by atoms with Crippen LogP contribution in [0.4, 0.5) is 5.82 Å². The molecule has 6 nitrogen and oxygen atoms in total. The molecule has 0 spiro atoms. The Kier molecular flexibility index (Phi) is 6.15. The highest BCUT2D eigenvalue weighted by Crippen LogP contribution is 2.20. The van der Waals surface area contributed by atoms with E-state index in [4.69, 9.17) is 14.6 Å². The van der Waals surface area contributed by atoms with Crippen molar-refractivity contribution in [3.8, 4) is 0 Å². The number of pyridine rings is 1. The van der Waals surface area contributed by atoms with Crippen molar-refractivity contribution < 1.29 is 19.4 Å². The zero-order valence-electron chi connectivity index (χ0n) is 13.2. The number of ether oxygens (including phenoxy) is 2. The number of anilines is 1. The summed E-state index contributed by atoms with van der Waals surface area (Å²) in [6.07, 6.45) is 2.31. The zero-order valence-corrected chi connectivity index (χ0v) is 13.2. The number of carboxylic acid groups (broad SMARTS) is 1. The van der Waals surface area contributed by atoms with Crippen molar-refractivity contribution in [1.82, 2.24) is 4.98 Å². The van der Waals surface area contributed by atoms with Crippen molar-refractivity contribution in [2.45, 2.75) is 38.9 Å². The van der Waals surface area contributed by atoms with Crippen molar-refractivity contribution in [2.75, 3.05) is 31.2 Å². The lowest BCUT2D eigenvalue weighted by atomic mass is 10.1. The minimum Gasteiger partial charge on any atom is -0.477 e. The minimum atomic E-state index is -0.995. The molecule has 0 radical (unpaired) electrons. The Morgan fingerprint density at radius 3 is 2.73 bits per heavy atom. The molecule has 0 amide bonds. The molecule has 0 atom stereocenters. The van der Waals surface area contributed by atoms with E-state index in [1.807, 2.05) is 19.9 Å². The Balaban J connectivity index is 1.77. The van der Waals surface area contributed by atoms with Gasteiger partial charge in [-0.2, -0.15) is 0 Å². The van der Waals surface area contributed by atoms with E-state index in [1.54, 1.807) is 6.07 Å². The second-order valence-electron chi connectivity index (χ2n) is 5.66. The summed E-state index contributed by atoms with van der Waals surface area (Å²) in [5.41, 5.74) is 0.0849. The van der Waals surface area contributed by atoms with Gasteiger partial charge in [0.15, 0.2) is 5.69 Å². The van der Waals surface area contributed by atoms with E-state index in [2.05, 4.69) is 9.88 Å². The molecule has 0 aromatic carbocycles. The SMILES string of the molecule is CC(C)OCCOC1CCN(c2cccc(C(=O)O)n2)CC1. The van der Waals surface area contributed by atoms with E-state index in [0.29, 0.717) is 13.2 Å². The molecule has 1 aromatic rings. The number of rotatable bonds is 7. The number of aromatic carboxylic acids is 1. The van der Waals surface area contributed by atoms with Gasteiger partial charge in [0.25, 0.3) is 0 Å². The van der Waals surface area contributed by atoms with Gasteiger partial charge in [0.1, 0.15) is 5.82 Å². The van der Waals surface area contributed by atoms with Crippen LogP contribution in [0.2, 0.25) is 0 Å². The fourth-order valence-electron chi connectivity index (χ4n) is 2.47. The van der Waals surface area contributed by atoms with Crippen LogP contribution < -0.4 is 4.90 Å². The third kappa shape index (κ3) is 4.96. The molecule has 0 aliphatic carbocycles. The smallest absolute Gasteiger partial charge is 0.354 e. The maximum atomic E-state index is 11.0. The van der Waals surface area contributed by atoms with E-state index >= 15 is 0 Å². The average molecular weight is 308 g/mol. The summed E-state index contributed by atoms with van der Waals surface area (Å²) in [4.78, 5) is 17.3. The second-order valence-corrected chi connectivity index (χ2v) is 5.66. The van der Waals surface area contributed by atoms with Crippen molar-refractivity contribution in [1.29, 1.82) is 0 Å². The first-order valence-electron chi connectivity index (χ1n) is 7.74. The first-order valence-corrected chi connectivity index (χ1v) is 7.74. The van der Waals surface area contributed by atoms with Crippen LogP contribution >= 0.6 is 0 Å². The number of piperidine rings is 1. The van der Waals surface area contributed by atoms with Crippen LogP contribution in [0, 0.1) is 0 Å². The number of hydrogen-bond donors (Lipinski definition) is 1. The molecule has 2 rings (SSSR count). The van der Waals surface area contributed by atoms with E-state index in [9.17, 15) is 4.79 Å². The van der Waals surface area contributed by atoms with Gasteiger partial charge in [-0.1, -0.05) is 6.07 Å². The summed E-state index contributed by atoms with van der Waals surface area (Å²) >= 11 is 0. The number of carbonyl (C=O) groups is 1. The molecule has 0 unspecified atom stereocenters. The molecule has 2 heterocycles. The lowest BCUT2D eigenvalue weighted by Gasteiger charge is -2.32. The maximum Gasteiger partial charge on any atom is 0.354 e. The van der Waals surface area contributed by atoms with Gasteiger partial charge in [0.2, 0.25) is 0 Å². The molecule has 1 saturated heterocycles. The normalized spacial score (nSPS) is 16.2. The van der Waals surface area contributed by atoms with Gasteiger partial charge in [0, 0.05) is 13.1 Å². The molecule has 0 saturated carbocycles. The van der Waals surface area contributed by atoms with Gasteiger partial charge in [-0.05, 0) is 38.8 Å². The summed E-state index contributed by atoms with van der Waals surface area (Å²) in [5, 5.41) is 9.00. The van der Waals surface area contributed by atoms with E-state index in [0.717, 1.165) is 31.7 Å². The van der Waals surface area contributed by atoms with Crippen LogP contribution in [-0.4, -0.2) is 54.6 Å². The largest absolute Gasteiger partial charge is 0.477 e. The van der Waals surface area contributed by atoms with Crippen LogP contribution in [0.1, 0.15) is 37.2 Å². The Morgan fingerprint density at radius 1 is 1.36 bits per heavy atom. The molecule has 1 aliphatic heterocycles. The maximum absolute atomic E-state index is 11.0. The predicted molar refractivity (Wildman–Crippen MR) is 83.5 cm³/mol. The standard InChI is InChI=1S/C16H24N2O4/c1-12(2)21-10-11-22-13-6-8-18(9-7-13)15-5-3-4-14(17-15)16(19)20/h3-5,12-13H,6-11H2,1-2H3,(H,19,20). The summed E-state index contributed by atoms with van der Waals surface area (Å²) in [7, 11) is 0. The van der Waals surface area contributed by atoms with Crippen LogP contribution in [0.15, 0.2) is 18.2 Å².